The van der Waals surface area contributed by atoms with Crippen LogP contribution >= 0.6 is 24.0 Å². The van der Waals surface area contributed by atoms with Crippen molar-refractivity contribution in [1.82, 2.24) is 15.8 Å². The fourth-order valence-electron chi connectivity index (χ4n) is 2.23. The van der Waals surface area contributed by atoms with Gasteiger partial charge in [-0.25, -0.2) is 0 Å². The summed E-state index contributed by atoms with van der Waals surface area (Å²) in [6.07, 6.45) is 6.34. The summed E-state index contributed by atoms with van der Waals surface area (Å²) in [5.74, 6) is 2.03. The number of rotatable bonds is 9. The second-order valence-corrected chi connectivity index (χ2v) is 6.19. The third-order valence-corrected chi connectivity index (χ3v) is 3.70. The van der Waals surface area contributed by atoms with E-state index in [0.717, 1.165) is 17.4 Å². The Morgan fingerprint density at radius 3 is 2.57 bits per heavy atom. The van der Waals surface area contributed by atoms with Crippen LogP contribution in [-0.4, -0.2) is 24.2 Å². The highest BCUT2D eigenvalue weighted by Gasteiger charge is 2.09. The van der Waals surface area contributed by atoms with Gasteiger partial charge in [0, 0.05) is 19.2 Å². The van der Waals surface area contributed by atoms with E-state index in [0.29, 0.717) is 18.5 Å². The third-order valence-electron chi connectivity index (χ3n) is 3.70. The van der Waals surface area contributed by atoms with Gasteiger partial charge in [-0.1, -0.05) is 51.6 Å². The van der Waals surface area contributed by atoms with Crippen LogP contribution in [0, 0.1) is 0 Å². The van der Waals surface area contributed by atoms with E-state index in [2.05, 4.69) is 48.5 Å². The fraction of sp³-hybridized carbons (Fsp3) is 0.765. The highest BCUT2D eigenvalue weighted by molar-refractivity contribution is 14.0. The number of aliphatic imine (C=N–C) groups is 1. The predicted molar refractivity (Wildman–Crippen MR) is 108 cm³/mol. The number of guanidine groups is 1. The maximum atomic E-state index is 5.32. The number of hydrogen-bond acceptors (Lipinski definition) is 3. The van der Waals surface area contributed by atoms with Crippen molar-refractivity contribution in [3.63, 3.8) is 0 Å². The second kappa shape index (κ2) is 12.6. The molecule has 134 valence electrons. The minimum absolute atomic E-state index is 0. The topological polar surface area (TPSA) is 62.5 Å². The molecule has 2 N–H and O–H groups in total. The van der Waals surface area contributed by atoms with Gasteiger partial charge in [0.05, 0.1) is 12.2 Å². The van der Waals surface area contributed by atoms with E-state index in [1.807, 2.05) is 6.07 Å². The van der Waals surface area contributed by atoms with Crippen LogP contribution in [0.15, 0.2) is 15.6 Å². The molecule has 0 amide bonds. The Kier molecular flexibility index (Phi) is 12.2. The number of aromatic nitrogens is 1. The molecular formula is C17H33IN4O. The van der Waals surface area contributed by atoms with Crippen molar-refractivity contribution in [2.24, 2.45) is 4.99 Å². The fourth-order valence-corrected chi connectivity index (χ4v) is 2.23. The van der Waals surface area contributed by atoms with E-state index in [4.69, 9.17) is 4.52 Å². The van der Waals surface area contributed by atoms with Crippen LogP contribution in [0.5, 0.6) is 0 Å². The normalized spacial score (nSPS) is 12.9. The van der Waals surface area contributed by atoms with Crippen LogP contribution in [-0.2, 0) is 6.54 Å². The molecular weight excluding hydrogens is 403 g/mol. The van der Waals surface area contributed by atoms with E-state index < -0.39 is 0 Å². The zero-order chi connectivity index (χ0) is 16.4. The molecule has 23 heavy (non-hydrogen) atoms. The Labute approximate surface area is 158 Å². The quantitative estimate of drug-likeness (QED) is 0.260. The predicted octanol–water partition coefficient (Wildman–Crippen LogP) is 4.44. The molecule has 0 saturated heterocycles. The van der Waals surface area contributed by atoms with Crippen LogP contribution in [0.1, 0.15) is 77.2 Å². The lowest BCUT2D eigenvalue weighted by Crippen LogP contribution is -2.41. The molecule has 0 aliphatic heterocycles. The van der Waals surface area contributed by atoms with Crippen molar-refractivity contribution in [1.29, 1.82) is 0 Å². The van der Waals surface area contributed by atoms with E-state index >= 15 is 0 Å². The summed E-state index contributed by atoms with van der Waals surface area (Å²) in [6.45, 7) is 9.25. The van der Waals surface area contributed by atoms with Crippen molar-refractivity contribution in [3.05, 3.63) is 17.5 Å². The van der Waals surface area contributed by atoms with Crippen molar-refractivity contribution in [3.8, 4) is 0 Å². The first kappa shape index (κ1) is 22.2. The van der Waals surface area contributed by atoms with Gasteiger partial charge >= 0.3 is 0 Å². The largest absolute Gasteiger partial charge is 0.359 e. The van der Waals surface area contributed by atoms with Gasteiger partial charge in [0.15, 0.2) is 11.7 Å². The maximum absolute atomic E-state index is 5.32. The first-order valence-electron chi connectivity index (χ1n) is 8.49. The lowest BCUT2D eigenvalue weighted by Gasteiger charge is -2.17. The van der Waals surface area contributed by atoms with Gasteiger partial charge in [0.25, 0.3) is 0 Å². The summed E-state index contributed by atoms with van der Waals surface area (Å²) in [7, 11) is 1.79. The summed E-state index contributed by atoms with van der Waals surface area (Å²) in [5, 5.41) is 10.8. The Morgan fingerprint density at radius 2 is 2.00 bits per heavy atom. The molecule has 1 aromatic heterocycles. The molecule has 0 saturated carbocycles. The Morgan fingerprint density at radius 1 is 1.26 bits per heavy atom. The Hall–Kier alpha value is -0.790. The van der Waals surface area contributed by atoms with E-state index in [9.17, 15) is 0 Å². The van der Waals surface area contributed by atoms with Crippen LogP contribution in [0.2, 0.25) is 0 Å². The minimum atomic E-state index is 0. The molecule has 0 aromatic carbocycles. The molecule has 1 atom stereocenters. The van der Waals surface area contributed by atoms with Gasteiger partial charge in [-0.15, -0.1) is 24.0 Å². The highest BCUT2D eigenvalue weighted by atomic mass is 127. The zero-order valence-electron chi connectivity index (χ0n) is 15.2. The lowest BCUT2D eigenvalue weighted by atomic mass is 10.1. The molecule has 1 heterocycles. The van der Waals surface area contributed by atoms with Crippen LogP contribution in [0.25, 0.3) is 0 Å². The standard InChI is InChI=1S/C17H32N4O.HI/c1-6-7-8-9-10-14(4)20-17(18-5)19-12-15-11-16(13(2)3)21-22-15;/h11,13-14H,6-10,12H2,1-5H3,(H2,18,19,20);1H. The SMILES string of the molecule is CCCCCCC(C)NC(=NC)NCc1cc(C(C)C)no1.I. The minimum Gasteiger partial charge on any atom is -0.359 e. The lowest BCUT2D eigenvalue weighted by molar-refractivity contribution is 0.371. The molecule has 6 heteroatoms. The summed E-state index contributed by atoms with van der Waals surface area (Å²) in [6, 6.07) is 2.42. The Bertz CT molecular complexity index is 446. The van der Waals surface area contributed by atoms with Gasteiger partial charge < -0.3 is 15.2 Å². The van der Waals surface area contributed by atoms with E-state index in [1.165, 1.54) is 32.1 Å². The number of halogens is 1. The summed E-state index contributed by atoms with van der Waals surface area (Å²) in [4.78, 5) is 4.26. The number of hydrogen-bond donors (Lipinski definition) is 2. The van der Waals surface area contributed by atoms with Gasteiger partial charge in [-0.2, -0.15) is 0 Å². The number of nitrogens with one attached hydrogen (secondary N) is 2. The first-order chi connectivity index (χ1) is 10.6. The van der Waals surface area contributed by atoms with Crippen molar-refractivity contribution in [2.75, 3.05) is 7.05 Å². The molecule has 0 fully saturated rings. The average molecular weight is 436 g/mol. The monoisotopic (exact) mass is 436 g/mol. The Balaban J connectivity index is 0.00000484. The highest BCUT2D eigenvalue weighted by Crippen LogP contribution is 2.13. The zero-order valence-corrected chi connectivity index (χ0v) is 17.5. The summed E-state index contributed by atoms with van der Waals surface area (Å²) in [5.41, 5.74) is 0.990. The van der Waals surface area contributed by atoms with Gasteiger partial charge in [0.1, 0.15) is 0 Å². The van der Waals surface area contributed by atoms with Crippen LogP contribution < -0.4 is 10.6 Å². The smallest absolute Gasteiger partial charge is 0.191 e. The average Bonchev–Trinajstić information content (AvgIpc) is 2.97. The number of unbranched alkanes of at least 4 members (excludes halogenated alkanes) is 3. The molecule has 0 radical (unpaired) electrons. The van der Waals surface area contributed by atoms with Crippen molar-refractivity contribution < 1.29 is 4.52 Å². The van der Waals surface area contributed by atoms with Crippen LogP contribution in [0.4, 0.5) is 0 Å². The van der Waals surface area contributed by atoms with Gasteiger partial charge in [0.2, 0.25) is 0 Å². The molecule has 1 unspecified atom stereocenters. The molecule has 1 aromatic rings. The van der Waals surface area contributed by atoms with Crippen molar-refractivity contribution >= 4 is 29.9 Å². The first-order valence-corrected chi connectivity index (χ1v) is 8.49. The van der Waals surface area contributed by atoms with Gasteiger partial charge in [-0.3, -0.25) is 4.99 Å². The van der Waals surface area contributed by atoms with Crippen LogP contribution in [0.3, 0.4) is 0 Å². The third kappa shape index (κ3) is 9.17. The number of nitrogens with zero attached hydrogens (tertiary/aromatic N) is 2. The summed E-state index contributed by atoms with van der Waals surface area (Å²) >= 11 is 0. The molecule has 0 spiro atoms. The molecule has 0 bridgehead atoms. The van der Waals surface area contributed by atoms with E-state index in [1.54, 1.807) is 7.05 Å². The van der Waals surface area contributed by atoms with Gasteiger partial charge in [-0.05, 0) is 19.3 Å². The molecule has 0 aliphatic rings. The van der Waals surface area contributed by atoms with E-state index in [-0.39, 0.29) is 24.0 Å². The second-order valence-electron chi connectivity index (χ2n) is 6.19. The maximum Gasteiger partial charge on any atom is 0.191 e. The summed E-state index contributed by atoms with van der Waals surface area (Å²) < 4.78 is 5.32. The molecule has 5 nitrogen and oxygen atoms in total. The molecule has 1 rings (SSSR count). The molecule has 0 aliphatic carbocycles. The van der Waals surface area contributed by atoms with Crippen molar-refractivity contribution in [2.45, 2.75) is 78.3 Å².